The molecule has 0 bridgehead atoms. The Morgan fingerprint density at radius 2 is 2.00 bits per heavy atom. The van der Waals surface area contributed by atoms with Crippen LogP contribution < -0.4 is 5.32 Å². The number of ether oxygens (including phenoxy) is 1. The summed E-state index contributed by atoms with van der Waals surface area (Å²) in [5.41, 5.74) is -0.389. The number of aromatic nitrogens is 2. The normalized spacial score (nSPS) is 14.0. The summed E-state index contributed by atoms with van der Waals surface area (Å²) in [5.74, 6) is -1.17. The number of fused-ring (bicyclic) bond motifs is 1. The quantitative estimate of drug-likeness (QED) is 0.847. The van der Waals surface area contributed by atoms with E-state index in [1.807, 2.05) is 0 Å². The zero-order chi connectivity index (χ0) is 19.1. The maximum Gasteiger partial charge on any atom is 0.435 e. The van der Waals surface area contributed by atoms with Crippen molar-refractivity contribution in [1.29, 1.82) is 0 Å². The van der Waals surface area contributed by atoms with Crippen LogP contribution >= 0.6 is 0 Å². The predicted octanol–water partition coefficient (Wildman–Crippen LogP) is 2.66. The van der Waals surface area contributed by atoms with Gasteiger partial charge in [0.2, 0.25) is 0 Å². The molecule has 1 aliphatic heterocycles. The number of methoxy groups -OCH3 is 1. The molecule has 138 valence electrons. The van der Waals surface area contributed by atoms with Crippen molar-refractivity contribution in [3.05, 3.63) is 40.7 Å². The number of carbonyl (C=O) groups excluding carboxylic acids is 2. The highest BCUT2D eigenvalue weighted by Gasteiger charge is 2.38. The summed E-state index contributed by atoms with van der Waals surface area (Å²) in [5, 5.41) is 6.24. The number of hydrogen-bond donors (Lipinski definition) is 1. The fourth-order valence-electron chi connectivity index (χ4n) is 3.01. The second kappa shape index (κ2) is 6.47. The first-order valence-electron chi connectivity index (χ1n) is 7.94. The molecule has 0 spiro atoms. The molecule has 0 atom stereocenters. The van der Waals surface area contributed by atoms with E-state index in [9.17, 15) is 22.8 Å². The summed E-state index contributed by atoms with van der Waals surface area (Å²) in [4.78, 5) is 24.1. The second-order valence-electron chi connectivity index (χ2n) is 5.79. The average Bonchev–Trinajstić information content (AvgIpc) is 3.05. The van der Waals surface area contributed by atoms with Crippen LogP contribution in [0.15, 0.2) is 18.3 Å². The van der Waals surface area contributed by atoms with Gasteiger partial charge >= 0.3 is 12.1 Å². The number of alkyl halides is 3. The summed E-state index contributed by atoms with van der Waals surface area (Å²) >= 11 is 0. The Morgan fingerprint density at radius 1 is 1.31 bits per heavy atom. The van der Waals surface area contributed by atoms with E-state index in [-0.39, 0.29) is 28.8 Å². The van der Waals surface area contributed by atoms with Crippen molar-refractivity contribution >= 4 is 11.9 Å². The molecule has 0 radical (unpaired) electrons. The van der Waals surface area contributed by atoms with E-state index >= 15 is 0 Å². The number of nitrogens with one attached hydrogen (secondary N) is 1. The zero-order valence-corrected chi connectivity index (χ0v) is 14.1. The van der Waals surface area contributed by atoms with Gasteiger partial charge in [-0.05, 0) is 36.6 Å². The Balaban J connectivity index is 2.31. The third-order valence-corrected chi connectivity index (χ3v) is 4.22. The van der Waals surface area contributed by atoms with E-state index in [0.29, 0.717) is 18.5 Å². The van der Waals surface area contributed by atoms with Gasteiger partial charge in [-0.2, -0.15) is 18.3 Å². The van der Waals surface area contributed by atoms with Gasteiger partial charge in [-0.1, -0.05) is 0 Å². The lowest BCUT2D eigenvalue weighted by molar-refractivity contribution is -0.141. The molecule has 1 aliphatic rings. The number of aryl methyl sites for hydroxylation is 1. The molecule has 3 rings (SSSR count). The van der Waals surface area contributed by atoms with Crippen LogP contribution in [0.25, 0.3) is 11.1 Å². The van der Waals surface area contributed by atoms with E-state index in [4.69, 9.17) is 0 Å². The molecule has 0 unspecified atom stereocenters. The van der Waals surface area contributed by atoms with Crippen LogP contribution in [0.2, 0.25) is 0 Å². The van der Waals surface area contributed by atoms with Gasteiger partial charge in [-0.25, -0.2) is 4.79 Å². The van der Waals surface area contributed by atoms with Crippen molar-refractivity contribution in [3.8, 4) is 11.1 Å². The minimum Gasteiger partial charge on any atom is -0.465 e. The molecule has 1 N–H and O–H groups in total. The van der Waals surface area contributed by atoms with Crippen molar-refractivity contribution in [3.63, 3.8) is 0 Å². The van der Waals surface area contributed by atoms with Gasteiger partial charge in [0.25, 0.3) is 5.91 Å². The summed E-state index contributed by atoms with van der Waals surface area (Å²) < 4.78 is 46.3. The number of nitrogens with zero attached hydrogens (tertiary/aromatic N) is 2. The lowest BCUT2D eigenvalue weighted by Gasteiger charge is -2.21. The molecule has 0 fully saturated rings. The van der Waals surface area contributed by atoms with Crippen LogP contribution in [-0.2, 0) is 23.9 Å². The maximum absolute atomic E-state index is 13.5. The lowest BCUT2D eigenvalue weighted by Crippen LogP contribution is -2.32. The average molecular weight is 367 g/mol. The van der Waals surface area contributed by atoms with Gasteiger partial charge in [-0.15, -0.1) is 0 Å². The van der Waals surface area contributed by atoms with Crippen molar-refractivity contribution in [2.75, 3.05) is 13.7 Å². The maximum atomic E-state index is 13.5. The standard InChI is InChI=1S/C17H16F3N3O3/c1-3-23-8-13(14(22-23)17(18,19)20)11-6-9(16(25)26-2)7-12-10(11)4-5-21-15(12)24/h6-8H,3-5H2,1-2H3,(H,21,24). The van der Waals surface area contributed by atoms with Gasteiger partial charge in [-0.3, -0.25) is 9.48 Å². The van der Waals surface area contributed by atoms with E-state index < -0.39 is 23.7 Å². The molecule has 2 heterocycles. The first-order valence-corrected chi connectivity index (χ1v) is 7.94. The zero-order valence-electron chi connectivity index (χ0n) is 14.1. The smallest absolute Gasteiger partial charge is 0.435 e. The second-order valence-corrected chi connectivity index (χ2v) is 5.79. The number of benzene rings is 1. The molecule has 1 amide bonds. The monoisotopic (exact) mass is 367 g/mol. The highest BCUT2D eigenvalue weighted by atomic mass is 19.4. The summed E-state index contributed by atoms with van der Waals surface area (Å²) in [7, 11) is 1.16. The Bertz CT molecular complexity index is 887. The molecule has 0 saturated carbocycles. The van der Waals surface area contributed by atoms with Crippen LogP contribution in [0.3, 0.4) is 0 Å². The minimum atomic E-state index is -4.67. The lowest BCUT2D eigenvalue weighted by atomic mass is 9.89. The molecule has 2 aromatic rings. The van der Waals surface area contributed by atoms with Crippen LogP contribution in [0.4, 0.5) is 13.2 Å². The van der Waals surface area contributed by atoms with Gasteiger partial charge in [0.05, 0.1) is 12.7 Å². The van der Waals surface area contributed by atoms with Crippen molar-refractivity contribution in [2.45, 2.75) is 26.1 Å². The molecule has 9 heteroatoms. The van der Waals surface area contributed by atoms with Crippen molar-refractivity contribution in [2.24, 2.45) is 0 Å². The topological polar surface area (TPSA) is 73.2 Å². The third kappa shape index (κ3) is 3.04. The number of carbonyl (C=O) groups is 2. The Labute approximate surface area is 146 Å². The van der Waals surface area contributed by atoms with Crippen LogP contribution in [0.5, 0.6) is 0 Å². The first kappa shape index (κ1) is 18.0. The first-order chi connectivity index (χ1) is 12.3. The summed E-state index contributed by atoms with van der Waals surface area (Å²) in [6, 6.07) is 2.67. The van der Waals surface area contributed by atoms with Crippen LogP contribution in [0.1, 0.15) is 38.9 Å². The minimum absolute atomic E-state index is 0.00988. The number of hydrogen-bond acceptors (Lipinski definition) is 4. The highest BCUT2D eigenvalue weighted by Crippen LogP contribution is 2.39. The van der Waals surface area contributed by atoms with E-state index in [1.165, 1.54) is 23.0 Å². The van der Waals surface area contributed by atoms with E-state index in [0.717, 1.165) is 7.11 Å². The fourth-order valence-corrected chi connectivity index (χ4v) is 3.01. The summed E-state index contributed by atoms with van der Waals surface area (Å²) in [6.07, 6.45) is -3.03. The van der Waals surface area contributed by atoms with Gasteiger partial charge < -0.3 is 10.1 Å². The molecule has 0 aliphatic carbocycles. The van der Waals surface area contributed by atoms with Gasteiger partial charge in [0.1, 0.15) is 0 Å². The van der Waals surface area contributed by atoms with Crippen molar-refractivity contribution < 1.29 is 27.5 Å². The van der Waals surface area contributed by atoms with Crippen LogP contribution in [-0.4, -0.2) is 35.3 Å². The van der Waals surface area contributed by atoms with Gasteiger partial charge in [0, 0.05) is 30.4 Å². The van der Waals surface area contributed by atoms with E-state index in [2.05, 4.69) is 15.2 Å². The summed E-state index contributed by atoms with van der Waals surface area (Å²) in [6.45, 7) is 2.23. The third-order valence-electron chi connectivity index (χ3n) is 4.22. The van der Waals surface area contributed by atoms with Gasteiger partial charge in [0.15, 0.2) is 5.69 Å². The highest BCUT2D eigenvalue weighted by molar-refractivity contribution is 6.02. The molecular formula is C17H16F3N3O3. The molecular weight excluding hydrogens is 351 g/mol. The van der Waals surface area contributed by atoms with Crippen LogP contribution in [0, 0.1) is 0 Å². The van der Waals surface area contributed by atoms with E-state index in [1.54, 1.807) is 6.92 Å². The number of amides is 1. The number of rotatable bonds is 3. The predicted molar refractivity (Wildman–Crippen MR) is 85.7 cm³/mol. The molecule has 6 nitrogen and oxygen atoms in total. The van der Waals surface area contributed by atoms with Crippen molar-refractivity contribution in [1.82, 2.24) is 15.1 Å². The fraction of sp³-hybridized carbons (Fsp3) is 0.353. The molecule has 1 aromatic heterocycles. The molecule has 1 aromatic carbocycles. The number of halogens is 3. The molecule has 26 heavy (non-hydrogen) atoms. The SMILES string of the molecule is CCn1cc(-c2cc(C(=O)OC)cc3c2CCNC3=O)c(C(F)(F)F)n1. The Hall–Kier alpha value is -2.84. The Morgan fingerprint density at radius 3 is 2.62 bits per heavy atom. The largest absolute Gasteiger partial charge is 0.465 e. The molecule has 0 saturated heterocycles. The Kier molecular flexibility index (Phi) is 4.47. The number of esters is 1.